The number of carbonyl (C=O) groups excluding carboxylic acids is 1. The normalized spacial score (nSPS) is 22.9. The molecule has 0 radical (unpaired) electrons. The second-order valence-corrected chi connectivity index (χ2v) is 5.40. The molecule has 2 N–H and O–H groups in total. The van der Waals surface area contributed by atoms with Crippen LogP contribution in [-0.4, -0.2) is 36.1 Å². The predicted molar refractivity (Wildman–Crippen MR) is 79.2 cm³/mol. The molecule has 0 aromatic heterocycles. The van der Waals surface area contributed by atoms with E-state index in [0.29, 0.717) is 26.1 Å². The van der Waals surface area contributed by atoms with E-state index in [9.17, 15) is 4.79 Å². The van der Waals surface area contributed by atoms with Gasteiger partial charge in [0.2, 0.25) is 5.91 Å². The molecule has 110 valence electrons. The highest BCUT2D eigenvalue weighted by Crippen LogP contribution is 2.17. The van der Waals surface area contributed by atoms with E-state index in [-0.39, 0.29) is 18.1 Å². The van der Waals surface area contributed by atoms with Crippen LogP contribution in [0.5, 0.6) is 0 Å². The van der Waals surface area contributed by atoms with Gasteiger partial charge in [-0.15, -0.1) is 0 Å². The number of ether oxygens (including phenoxy) is 1. The Balaban J connectivity index is 2.09. The lowest BCUT2D eigenvalue weighted by atomic mass is 10.0. The highest BCUT2D eigenvalue weighted by atomic mass is 16.5. The number of hydrogen-bond donors (Lipinski definition) is 1. The number of nitrogens with zero attached hydrogens (tertiary/aromatic N) is 1. The van der Waals surface area contributed by atoms with E-state index in [1.165, 1.54) is 0 Å². The first-order valence-electron chi connectivity index (χ1n) is 7.33. The van der Waals surface area contributed by atoms with Crippen molar-refractivity contribution in [1.29, 1.82) is 0 Å². The van der Waals surface area contributed by atoms with Crippen molar-refractivity contribution in [2.45, 2.75) is 45.4 Å². The van der Waals surface area contributed by atoms with Crippen LogP contribution in [0.4, 0.5) is 0 Å². The predicted octanol–water partition coefficient (Wildman–Crippen LogP) is 1.71. The van der Waals surface area contributed by atoms with Crippen LogP contribution in [0.3, 0.4) is 0 Å². The summed E-state index contributed by atoms with van der Waals surface area (Å²) in [5.74, 6) is 0.174. The third-order valence-corrected chi connectivity index (χ3v) is 3.94. The molecule has 0 spiro atoms. The van der Waals surface area contributed by atoms with Gasteiger partial charge in [-0.05, 0) is 24.5 Å². The van der Waals surface area contributed by atoms with Gasteiger partial charge in [0.25, 0.3) is 0 Å². The molecule has 2 atom stereocenters. The van der Waals surface area contributed by atoms with Gasteiger partial charge >= 0.3 is 0 Å². The second-order valence-electron chi connectivity index (χ2n) is 5.40. The molecule has 20 heavy (non-hydrogen) atoms. The zero-order chi connectivity index (χ0) is 14.5. The molecular weight excluding hydrogens is 252 g/mol. The molecule has 4 heteroatoms. The second kappa shape index (κ2) is 6.86. The molecule has 1 amide bonds. The van der Waals surface area contributed by atoms with Gasteiger partial charge in [0.05, 0.1) is 25.2 Å². The van der Waals surface area contributed by atoms with Crippen LogP contribution in [0.1, 0.15) is 31.4 Å². The van der Waals surface area contributed by atoms with Crippen LogP contribution in [0.15, 0.2) is 24.3 Å². The quantitative estimate of drug-likeness (QED) is 0.911. The lowest BCUT2D eigenvalue weighted by molar-refractivity contribution is -0.143. The van der Waals surface area contributed by atoms with Gasteiger partial charge in [0.15, 0.2) is 0 Å². The number of rotatable bonds is 4. The fourth-order valence-corrected chi connectivity index (χ4v) is 2.68. The minimum Gasteiger partial charge on any atom is -0.375 e. The average Bonchev–Trinajstić information content (AvgIpc) is 2.47. The number of benzene rings is 1. The van der Waals surface area contributed by atoms with Crippen molar-refractivity contribution >= 4 is 5.91 Å². The fourth-order valence-electron chi connectivity index (χ4n) is 2.68. The third kappa shape index (κ3) is 3.38. The maximum absolute atomic E-state index is 12.6. The van der Waals surface area contributed by atoms with Crippen LogP contribution in [0, 0.1) is 0 Å². The van der Waals surface area contributed by atoms with E-state index >= 15 is 0 Å². The number of carbonyl (C=O) groups is 1. The Hall–Kier alpha value is -1.39. The molecule has 0 saturated carbocycles. The fraction of sp³-hybridized carbons (Fsp3) is 0.562. The van der Waals surface area contributed by atoms with Crippen LogP contribution in [-0.2, 0) is 22.5 Å². The van der Waals surface area contributed by atoms with E-state index in [0.717, 1.165) is 17.5 Å². The highest BCUT2D eigenvalue weighted by molar-refractivity contribution is 5.79. The monoisotopic (exact) mass is 276 g/mol. The Morgan fingerprint density at radius 1 is 1.40 bits per heavy atom. The molecule has 0 bridgehead atoms. The topological polar surface area (TPSA) is 55.6 Å². The number of amides is 1. The number of nitrogens with two attached hydrogens (primary N) is 1. The molecule has 4 nitrogen and oxygen atoms in total. The van der Waals surface area contributed by atoms with Gasteiger partial charge in [0, 0.05) is 13.1 Å². The van der Waals surface area contributed by atoms with Crippen molar-refractivity contribution in [2.75, 3.05) is 13.2 Å². The van der Waals surface area contributed by atoms with Gasteiger partial charge in [0.1, 0.15) is 0 Å². The third-order valence-electron chi connectivity index (χ3n) is 3.94. The van der Waals surface area contributed by atoms with Crippen molar-refractivity contribution in [3.63, 3.8) is 0 Å². The zero-order valence-corrected chi connectivity index (χ0v) is 12.3. The Bertz CT molecular complexity index is 462. The summed E-state index contributed by atoms with van der Waals surface area (Å²) in [5.41, 5.74) is 7.82. The van der Waals surface area contributed by atoms with Crippen LogP contribution < -0.4 is 5.73 Å². The Labute approximate surface area is 120 Å². The van der Waals surface area contributed by atoms with Gasteiger partial charge in [-0.3, -0.25) is 4.79 Å². The standard InChI is InChI=1S/C16H24N2O2/c1-3-15-11-20-12(2)10-18(15)16(19)8-13-6-4-5-7-14(13)9-17/h4-7,12,15H,3,8-11,17H2,1-2H3. The summed E-state index contributed by atoms with van der Waals surface area (Å²) >= 11 is 0. The summed E-state index contributed by atoms with van der Waals surface area (Å²) in [5, 5.41) is 0. The average molecular weight is 276 g/mol. The molecule has 1 aliphatic rings. The SMILES string of the molecule is CCC1COC(C)CN1C(=O)Cc1ccccc1CN. The molecule has 1 aromatic carbocycles. The zero-order valence-electron chi connectivity index (χ0n) is 12.3. The van der Waals surface area contributed by atoms with E-state index in [4.69, 9.17) is 10.5 Å². The summed E-state index contributed by atoms with van der Waals surface area (Å²) < 4.78 is 5.64. The molecule has 2 rings (SSSR count). The molecular formula is C16H24N2O2. The van der Waals surface area contributed by atoms with Crippen molar-refractivity contribution in [3.8, 4) is 0 Å². The van der Waals surface area contributed by atoms with Crippen LogP contribution in [0.2, 0.25) is 0 Å². The molecule has 0 aliphatic carbocycles. The van der Waals surface area contributed by atoms with Crippen LogP contribution in [0.25, 0.3) is 0 Å². The minimum absolute atomic E-state index is 0.117. The van der Waals surface area contributed by atoms with Crippen molar-refractivity contribution in [2.24, 2.45) is 5.73 Å². The lowest BCUT2D eigenvalue weighted by Crippen LogP contribution is -2.51. The van der Waals surface area contributed by atoms with E-state index in [1.54, 1.807) is 0 Å². The van der Waals surface area contributed by atoms with Gasteiger partial charge < -0.3 is 15.4 Å². The Morgan fingerprint density at radius 2 is 2.10 bits per heavy atom. The summed E-state index contributed by atoms with van der Waals surface area (Å²) in [6, 6.07) is 8.10. The summed E-state index contributed by atoms with van der Waals surface area (Å²) in [4.78, 5) is 14.6. The largest absolute Gasteiger partial charge is 0.375 e. The summed E-state index contributed by atoms with van der Waals surface area (Å²) in [6.07, 6.45) is 1.47. The minimum atomic E-state index is 0.117. The molecule has 1 aromatic rings. The maximum Gasteiger partial charge on any atom is 0.227 e. The molecule has 1 aliphatic heterocycles. The summed E-state index contributed by atoms with van der Waals surface area (Å²) in [7, 11) is 0. The van der Waals surface area contributed by atoms with Gasteiger partial charge in [-0.2, -0.15) is 0 Å². The van der Waals surface area contributed by atoms with E-state index in [1.807, 2.05) is 36.1 Å². The van der Waals surface area contributed by atoms with E-state index < -0.39 is 0 Å². The number of morpholine rings is 1. The molecule has 1 fully saturated rings. The van der Waals surface area contributed by atoms with Crippen molar-refractivity contribution < 1.29 is 9.53 Å². The molecule has 1 heterocycles. The van der Waals surface area contributed by atoms with Gasteiger partial charge in [-0.25, -0.2) is 0 Å². The molecule has 2 unspecified atom stereocenters. The highest BCUT2D eigenvalue weighted by Gasteiger charge is 2.29. The summed E-state index contributed by atoms with van der Waals surface area (Å²) in [6.45, 7) is 5.91. The number of hydrogen-bond acceptors (Lipinski definition) is 3. The van der Waals surface area contributed by atoms with Crippen LogP contribution >= 0.6 is 0 Å². The van der Waals surface area contributed by atoms with E-state index in [2.05, 4.69) is 6.92 Å². The van der Waals surface area contributed by atoms with Gasteiger partial charge in [-0.1, -0.05) is 31.2 Å². The lowest BCUT2D eigenvalue weighted by Gasteiger charge is -2.38. The maximum atomic E-state index is 12.6. The Morgan fingerprint density at radius 3 is 2.75 bits per heavy atom. The van der Waals surface area contributed by atoms with Crippen molar-refractivity contribution in [3.05, 3.63) is 35.4 Å². The first-order chi connectivity index (χ1) is 9.65. The smallest absolute Gasteiger partial charge is 0.227 e. The first kappa shape index (κ1) is 15.0. The first-order valence-corrected chi connectivity index (χ1v) is 7.33. The van der Waals surface area contributed by atoms with Crippen molar-refractivity contribution in [1.82, 2.24) is 4.90 Å². The Kier molecular flexibility index (Phi) is 5.15. The molecule has 1 saturated heterocycles.